The molecule has 9 heteroatoms. The Balaban J connectivity index is 1.71. The standard InChI is InChI=1S/C28H30N4O4S/c1-34-22-11-7-19(8-12-22)16-32(17-20-9-13-23(35-2)14-10-20)28-30-25(18-33)26(27(31-28)36-3)37-24-6-4-5-21(29)15-24/h4-15,33H,16-18,29H2,1-3H3. The summed E-state index contributed by atoms with van der Waals surface area (Å²) >= 11 is 1.40. The highest BCUT2D eigenvalue weighted by Crippen LogP contribution is 2.38. The van der Waals surface area contributed by atoms with Crippen LogP contribution < -0.4 is 24.8 Å². The molecule has 0 saturated carbocycles. The molecule has 8 nitrogen and oxygen atoms in total. The van der Waals surface area contributed by atoms with E-state index < -0.39 is 0 Å². The molecule has 0 bridgehead atoms. The Morgan fingerprint density at radius 3 is 1.89 bits per heavy atom. The molecule has 0 amide bonds. The quantitative estimate of drug-likeness (QED) is 0.267. The molecule has 4 aromatic rings. The Labute approximate surface area is 221 Å². The van der Waals surface area contributed by atoms with Crippen molar-refractivity contribution in [3.05, 3.63) is 89.6 Å². The SMILES string of the molecule is COc1ccc(CN(Cc2ccc(OC)cc2)c2nc(CO)c(Sc3cccc(N)c3)c(OC)n2)cc1. The van der Waals surface area contributed by atoms with Gasteiger partial charge in [-0.2, -0.15) is 4.98 Å². The smallest absolute Gasteiger partial charge is 0.232 e. The van der Waals surface area contributed by atoms with E-state index in [4.69, 9.17) is 29.9 Å². The maximum atomic E-state index is 10.2. The molecule has 0 aliphatic heterocycles. The third kappa shape index (κ3) is 6.63. The first-order valence-electron chi connectivity index (χ1n) is 11.6. The molecule has 0 spiro atoms. The second-order valence-electron chi connectivity index (χ2n) is 8.19. The molecular weight excluding hydrogens is 488 g/mol. The molecule has 192 valence electrons. The number of benzene rings is 3. The van der Waals surface area contributed by atoms with Crippen molar-refractivity contribution in [2.24, 2.45) is 0 Å². The first kappa shape index (κ1) is 26.1. The van der Waals surface area contributed by atoms with Crippen LogP contribution in [0.4, 0.5) is 11.6 Å². The van der Waals surface area contributed by atoms with Crippen molar-refractivity contribution in [2.45, 2.75) is 29.5 Å². The summed E-state index contributed by atoms with van der Waals surface area (Å²) in [4.78, 5) is 13.1. The Bertz CT molecular complexity index is 1240. The summed E-state index contributed by atoms with van der Waals surface area (Å²) in [6, 6.07) is 23.2. The van der Waals surface area contributed by atoms with Gasteiger partial charge in [0.1, 0.15) is 11.5 Å². The number of anilines is 2. The topological polar surface area (TPSA) is 103 Å². The highest BCUT2D eigenvalue weighted by Gasteiger charge is 2.20. The van der Waals surface area contributed by atoms with Gasteiger partial charge in [0, 0.05) is 23.7 Å². The number of aliphatic hydroxyl groups is 1. The Hall–Kier alpha value is -3.95. The van der Waals surface area contributed by atoms with Crippen LogP contribution in [0.5, 0.6) is 17.4 Å². The van der Waals surface area contributed by atoms with Crippen LogP contribution in [0.3, 0.4) is 0 Å². The van der Waals surface area contributed by atoms with Gasteiger partial charge in [0.25, 0.3) is 0 Å². The number of hydrogen-bond donors (Lipinski definition) is 2. The van der Waals surface area contributed by atoms with E-state index in [0.717, 1.165) is 27.5 Å². The molecule has 37 heavy (non-hydrogen) atoms. The molecule has 0 aliphatic carbocycles. The summed E-state index contributed by atoms with van der Waals surface area (Å²) in [6.07, 6.45) is 0. The monoisotopic (exact) mass is 518 g/mol. The van der Waals surface area contributed by atoms with Gasteiger partial charge in [0.2, 0.25) is 11.8 Å². The Morgan fingerprint density at radius 2 is 1.41 bits per heavy atom. The van der Waals surface area contributed by atoms with Crippen molar-refractivity contribution in [3.8, 4) is 17.4 Å². The van der Waals surface area contributed by atoms with Crippen molar-refractivity contribution in [1.29, 1.82) is 0 Å². The van der Waals surface area contributed by atoms with Crippen molar-refractivity contribution in [1.82, 2.24) is 9.97 Å². The van der Waals surface area contributed by atoms with E-state index in [0.29, 0.717) is 41.2 Å². The van der Waals surface area contributed by atoms with Crippen LogP contribution in [-0.2, 0) is 19.7 Å². The molecule has 0 unspecified atom stereocenters. The van der Waals surface area contributed by atoms with Gasteiger partial charge in [-0.25, -0.2) is 4.98 Å². The lowest BCUT2D eigenvalue weighted by Crippen LogP contribution is -2.25. The normalized spacial score (nSPS) is 10.7. The van der Waals surface area contributed by atoms with Crippen molar-refractivity contribution in [2.75, 3.05) is 32.0 Å². The zero-order valence-electron chi connectivity index (χ0n) is 21.0. The fraction of sp³-hybridized carbons (Fsp3) is 0.214. The lowest BCUT2D eigenvalue weighted by Gasteiger charge is -2.25. The van der Waals surface area contributed by atoms with Gasteiger partial charge >= 0.3 is 0 Å². The summed E-state index contributed by atoms with van der Waals surface area (Å²) in [5, 5.41) is 10.2. The van der Waals surface area contributed by atoms with Gasteiger partial charge < -0.3 is 30.0 Å². The third-order valence-corrected chi connectivity index (χ3v) is 6.77. The molecule has 3 N–H and O–H groups in total. The first-order valence-corrected chi connectivity index (χ1v) is 12.4. The van der Waals surface area contributed by atoms with Crippen molar-refractivity contribution < 1.29 is 19.3 Å². The minimum atomic E-state index is -0.268. The fourth-order valence-corrected chi connectivity index (χ4v) is 4.77. The van der Waals surface area contributed by atoms with Gasteiger partial charge in [-0.15, -0.1) is 0 Å². The lowest BCUT2D eigenvalue weighted by atomic mass is 10.1. The number of ether oxygens (including phenoxy) is 3. The molecule has 0 radical (unpaired) electrons. The number of rotatable bonds is 11. The van der Waals surface area contributed by atoms with E-state index in [-0.39, 0.29) is 6.61 Å². The van der Waals surface area contributed by atoms with Gasteiger partial charge in [-0.05, 0) is 53.6 Å². The largest absolute Gasteiger partial charge is 0.497 e. The third-order valence-electron chi connectivity index (χ3n) is 5.66. The molecule has 1 heterocycles. The van der Waals surface area contributed by atoms with Gasteiger partial charge in [-0.3, -0.25) is 0 Å². The summed E-state index contributed by atoms with van der Waals surface area (Å²) in [7, 11) is 4.85. The van der Waals surface area contributed by atoms with Crippen LogP contribution in [0.15, 0.2) is 82.6 Å². The van der Waals surface area contributed by atoms with Crippen LogP contribution in [0, 0.1) is 0 Å². The van der Waals surface area contributed by atoms with Crippen molar-refractivity contribution in [3.63, 3.8) is 0 Å². The molecule has 0 saturated heterocycles. The highest BCUT2D eigenvalue weighted by atomic mass is 32.2. The van der Waals surface area contributed by atoms with Crippen molar-refractivity contribution >= 4 is 23.4 Å². The maximum absolute atomic E-state index is 10.2. The van der Waals surface area contributed by atoms with E-state index in [2.05, 4.69) is 0 Å². The fourth-order valence-electron chi connectivity index (χ4n) is 3.75. The predicted octanol–water partition coefficient (Wildman–Crippen LogP) is 4.93. The molecular formula is C28H30N4O4S. The van der Waals surface area contributed by atoms with Crippen LogP contribution in [0.2, 0.25) is 0 Å². The van der Waals surface area contributed by atoms with E-state index in [1.165, 1.54) is 11.8 Å². The van der Waals surface area contributed by atoms with E-state index >= 15 is 0 Å². The van der Waals surface area contributed by atoms with Gasteiger partial charge in [0.15, 0.2) is 0 Å². The number of aliphatic hydroxyl groups excluding tert-OH is 1. The van der Waals surface area contributed by atoms with E-state index in [9.17, 15) is 5.11 Å². The molecule has 1 aromatic heterocycles. The zero-order chi connectivity index (χ0) is 26.2. The number of nitrogens with zero attached hydrogens (tertiary/aromatic N) is 3. The predicted molar refractivity (Wildman–Crippen MR) is 145 cm³/mol. The number of nitrogen functional groups attached to an aromatic ring is 1. The molecule has 3 aromatic carbocycles. The number of hydrogen-bond acceptors (Lipinski definition) is 9. The molecule has 4 rings (SSSR count). The average molecular weight is 519 g/mol. The van der Waals surface area contributed by atoms with Gasteiger partial charge in [0.05, 0.1) is 38.5 Å². The Kier molecular flexibility index (Phi) is 8.71. The number of aromatic nitrogens is 2. The Morgan fingerprint density at radius 1 is 0.811 bits per heavy atom. The second kappa shape index (κ2) is 12.3. The summed E-state index contributed by atoms with van der Waals surface area (Å²) < 4.78 is 16.3. The lowest BCUT2D eigenvalue weighted by molar-refractivity contribution is 0.270. The minimum Gasteiger partial charge on any atom is -0.497 e. The van der Waals surface area contributed by atoms with Gasteiger partial charge in [-0.1, -0.05) is 42.1 Å². The molecule has 0 aliphatic rings. The van der Waals surface area contributed by atoms with Crippen LogP contribution in [0.25, 0.3) is 0 Å². The number of methoxy groups -OCH3 is 3. The van der Waals surface area contributed by atoms with E-state index in [1.807, 2.05) is 77.7 Å². The van der Waals surface area contributed by atoms with Crippen LogP contribution in [-0.4, -0.2) is 36.4 Å². The number of nitrogens with two attached hydrogens (primary N) is 1. The van der Waals surface area contributed by atoms with E-state index in [1.54, 1.807) is 21.3 Å². The zero-order valence-corrected chi connectivity index (χ0v) is 21.9. The van der Waals surface area contributed by atoms with Crippen LogP contribution >= 0.6 is 11.8 Å². The minimum absolute atomic E-state index is 0.268. The molecule has 0 atom stereocenters. The van der Waals surface area contributed by atoms with Crippen LogP contribution in [0.1, 0.15) is 16.8 Å². The summed E-state index contributed by atoms with van der Waals surface area (Å²) in [5.41, 5.74) is 9.19. The summed E-state index contributed by atoms with van der Waals surface area (Å²) in [5.74, 6) is 2.41. The highest BCUT2D eigenvalue weighted by molar-refractivity contribution is 7.99. The average Bonchev–Trinajstić information content (AvgIpc) is 2.93. The maximum Gasteiger partial charge on any atom is 0.232 e. The first-order chi connectivity index (χ1) is 18.0. The molecule has 0 fully saturated rings. The summed E-state index contributed by atoms with van der Waals surface area (Å²) in [6.45, 7) is 0.799. The second-order valence-corrected chi connectivity index (χ2v) is 9.28.